The van der Waals surface area contributed by atoms with E-state index in [1.165, 1.54) is 0 Å². The topological polar surface area (TPSA) is 83.6 Å². The zero-order chi connectivity index (χ0) is 19.3. The predicted molar refractivity (Wildman–Crippen MR) is 71.6 cm³/mol. The molecule has 0 unspecified atom stereocenters. The SMILES string of the molecule is CCCC/C(O)=C(\C=C(/CC)C(O)(C(F)(F)F)C(F)(F)F)[N+](=O)[O-]. The van der Waals surface area contributed by atoms with Gasteiger partial charge in [0.2, 0.25) is 0 Å². The minimum atomic E-state index is -6.15. The van der Waals surface area contributed by atoms with Crippen LogP contribution in [0.5, 0.6) is 0 Å². The molecule has 0 aromatic carbocycles. The van der Waals surface area contributed by atoms with Crippen LogP contribution in [0.2, 0.25) is 0 Å². The van der Waals surface area contributed by atoms with Gasteiger partial charge in [0.15, 0.2) is 5.76 Å². The Labute approximate surface area is 133 Å². The van der Waals surface area contributed by atoms with Crippen LogP contribution in [0.3, 0.4) is 0 Å². The predicted octanol–water partition coefficient (Wildman–Crippen LogP) is 4.42. The van der Waals surface area contributed by atoms with Gasteiger partial charge in [0.1, 0.15) is 0 Å². The summed E-state index contributed by atoms with van der Waals surface area (Å²) < 4.78 is 77.0. The lowest BCUT2D eigenvalue weighted by Gasteiger charge is -2.34. The van der Waals surface area contributed by atoms with E-state index >= 15 is 0 Å². The molecule has 11 heteroatoms. The number of allylic oxidation sites excluding steroid dienone is 2. The number of halogens is 6. The molecule has 0 saturated carbocycles. The second-order valence-corrected chi connectivity index (χ2v) is 4.92. The summed E-state index contributed by atoms with van der Waals surface area (Å²) in [6, 6.07) is 0. The lowest BCUT2D eigenvalue weighted by molar-refractivity contribution is -0.422. The Balaban J connectivity index is 6.37. The van der Waals surface area contributed by atoms with Gasteiger partial charge >= 0.3 is 18.0 Å². The van der Waals surface area contributed by atoms with Crippen molar-refractivity contribution < 1.29 is 41.5 Å². The summed E-state index contributed by atoms with van der Waals surface area (Å²) in [5.41, 5.74) is -8.24. The molecule has 0 bridgehead atoms. The molecule has 24 heavy (non-hydrogen) atoms. The van der Waals surface area contributed by atoms with E-state index < -0.39 is 46.3 Å². The van der Waals surface area contributed by atoms with Gasteiger partial charge in [-0.2, -0.15) is 26.3 Å². The maximum absolute atomic E-state index is 12.8. The highest BCUT2D eigenvalue weighted by Gasteiger charge is 2.72. The standard InChI is InChI=1S/C13H17F6NO4/c1-3-5-6-10(21)9(20(23)24)7-8(4-2)11(22,12(14,15)16)13(17,18)19/h7,21-22H,3-6H2,1-2H3/b8-7+,10-9-. The van der Waals surface area contributed by atoms with Gasteiger partial charge in [-0.1, -0.05) is 20.3 Å². The summed E-state index contributed by atoms with van der Waals surface area (Å²) in [6.07, 6.45) is -12.9. The first-order chi connectivity index (χ1) is 10.7. The molecule has 0 spiro atoms. The molecular formula is C13H17F6NO4. The summed E-state index contributed by atoms with van der Waals surface area (Å²) in [5, 5.41) is 29.7. The maximum Gasteiger partial charge on any atom is 0.430 e. The number of hydrogen-bond donors (Lipinski definition) is 2. The minimum Gasteiger partial charge on any atom is -0.506 e. The highest BCUT2D eigenvalue weighted by atomic mass is 19.4. The third-order valence-electron chi connectivity index (χ3n) is 3.24. The van der Waals surface area contributed by atoms with Gasteiger partial charge in [-0.05, 0) is 18.4 Å². The van der Waals surface area contributed by atoms with Crippen LogP contribution in [0, 0.1) is 10.1 Å². The molecule has 0 aliphatic carbocycles. The minimum absolute atomic E-state index is 0.0635. The van der Waals surface area contributed by atoms with Crippen LogP contribution in [-0.4, -0.2) is 33.1 Å². The first kappa shape index (κ1) is 22.2. The van der Waals surface area contributed by atoms with E-state index in [0.29, 0.717) is 6.42 Å². The van der Waals surface area contributed by atoms with Crippen molar-refractivity contribution in [2.24, 2.45) is 0 Å². The molecule has 0 aromatic heterocycles. The molecular weight excluding hydrogens is 348 g/mol. The van der Waals surface area contributed by atoms with Crippen molar-refractivity contribution in [3.63, 3.8) is 0 Å². The molecule has 0 aliphatic rings. The van der Waals surface area contributed by atoms with Crippen molar-refractivity contribution in [1.29, 1.82) is 0 Å². The number of unbranched alkanes of at least 4 members (excludes halogenated alkanes) is 1. The number of alkyl halides is 6. The molecule has 0 atom stereocenters. The lowest BCUT2D eigenvalue weighted by Crippen LogP contribution is -2.58. The van der Waals surface area contributed by atoms with E-state index in [4.69, 9.17) is 0 Å². The first-order valence-corrected chi connectivity index (χ1v) is 6.87. The summed E-state index contributed by atoms with van der Waals surface area (Å²) in [6.45, 7) is 2.54. The van der Waals surface area contributed by atoms with Crippen molar-refractivity contribution >= 4 is 0 Å². The van der Waals surface area contributed by atoms with Crippen LogP contribution < -0.4 is 0 Å². The van der Waals surface area contributed by atoms with Crippen molar-refractivity contribution in [1.82, 2.24) is 0 Å². The number of aliphatic hydroxyl groups excluding tert-OH is 1. The van der Waals surface area contributed by atoms with Gasteiger partial charge < -0.3 is 10.2 Å². The molecule has 0 saturated heterocycles. The monoisotopic (exact) mass is 365 g/mol. The molecule has 0 amide bonds. The molecule has 0 aliphatic heterocycles. The largest absolute Gasteiger partial charge is 0.506 e. The summed E-state index contributed by atoms with van der Waals surface area (Å²) in [5.74, 6) is -0.959. The Morgan fingerprint density at radius 2 is 1.58 bits per heavy atom. The van der Waals surface area contributed by atoms with E-state index in [-0.39, 0.29) is 18.9 Å². The fourth-order valence-corrected chi connectivity index (χ4v) is 1.87. The van der Waals surface area contributed by atoms with E-state index in [2.05, 4.69) is 0 Å². The Hall–Kier alpha value is -1.78. The van der Waals surface area contributed by atoms with Crippen LogP contribution in [0.25, 0.3) is 0 Å². The highest BCUT2D eigenvalue weighted by Crippen LogP contribution is 2.48. The van der Waals surface area contributed by atoms with Crippen LogP contribution in [-0.2, 0) is 0 Å². The molecule has 2 N–H and O–H groups in total. The third kappa shape index (κ3) is 4.62. The molecule has 0 rings (SSSR count). The second-order valence-electron chi connectivity index (χ2n) is 4.92. The van der Waals surface area contributed by atoms with Gasteiger partial charge in [0.25, 0.3) is 5.60 Å². The van der Waals surface area contributed by atoms with Gasteiger partial charge in [-0.25, -0.2) is 0 Å². The fraction of sp³-hybridized carbons (Fsp3) is 0.692. The van der Waals surface area contributed by atoms with Crippen LogP contribution in [0.15, 0.2) is 23.1 Å². The Kier molecular flexibility index (Phi) is 7.28. The quantitative estimate of drug-likeness (QED) is 0.230. The molecule has 140 valence electrons. The molecule has 0 radical (unpaired) electrons. The molecule has 0 heterocycles. The summed E-state index contributed by atoms with van der Waals surface area (Å²) >= 11 is 0. The number of hydrogen-bond acceptors (Lipinski definition) is 4. The van der Waals surface area contributed by atoms with Crippen LogP contribution in [0.1, 0.15) is 39.5 Å². The van der Waals surface area contributed by atoms with Gasteiger partial charge in [0.05, 0.1) is 4.92 Å². The second kappa shape index (κ2) is 7.86. The van der Waals surface area contributed by atoms with Gasteiger partial charge in [0, 0.05) is 12.5 Å². The molecule has 0 aromatic rings. The Morgan fingerprint density at radius 1 is 1.12 bits per heavy atom. The molecule has 5 nitrogen and oxygen atoms in total. The number of nitro groups is 1. The highest BCUT2D eigenvalue weighted by molar-refractivity contribution is 5.30. The van der Waals surface area contributed by atoms with Crippen molar-refractivity contribution in [2.45, 2.75) is 57.5 Å². The Morgan fingerprint density at radius 3 is 1.88 bits per heavy atom. The van der Waals surface area contributed by atoms with E-state index in [1.54, 1.807) is 6.92 Å². The van der Waals surface area contributed by atoms with Gasteiger partial charge in [-0.15, -0.1) is 0 Å². The summed E-state index contributed by atoms with van der Waals surface area (Å²) in [7, 11) is 0. The average Bonchev–Trinajstić information content (AvgIpc) is 2.42. The van der Waals surface area contributed by atoms with Crippen molar-refractivity contribution in [3.05, 3.63) is 33.2 Å². The third-order valence-corrected chi connectivity index (χ3v) is 3.24. The van der Waals surface area contributed by atoms with Crippen molar-refractivity contribution in [3.8, 4) is 0 Å². The van der Waals surface area contributed by atoms with Crippen LogP contribution in [0.4, 0.5) is 26.3 Å². The maximum atomic E-state index is 12.8. The zero-order valence-electron chi connectivity index (χ0n) is 12.8. The fourth-order valence-electron chi connectivity index (χ4n) is 1.87. The number of aliphatic hydroxyl groups is 2. The Bertz CT molecular complexity index is 508. The van der Waals surface area contributed by atoms with E-state index in [9.17, 15) is 46.7 Å². The van der Waals surface area contributed by atoms with Gasteiger partial charge in [-0.3, -0.25) is 10.1 Å². The number of nitrogens with zero attached hydrogens (tertiary/aromatic N) is 1. The lowest BCUT2D eigenvalue weighted by atomic mass is 9.89. The van der Waals surface area contributed by atoms with Crippen LogP contribution >= 0.6 is 0 Å². The van der Waals surface area contributed by atoms with Crippen molar-refractivity contribution in [2.75, 3.05) is 0 Å². The van der Waals surface area contributed by atoms with E-state index in [1.807, 2.05) is 0 Å². The first-order valence-electron chi connectivity index (χ1n) is 6.87. The smallest absolute Gasteiger partial charge is 0.430 e. The zero-order valence-corrected chi connectivity index (χ0v) is 12.8. The number of rotatable bonds is 7. The van der Waals surface area contributed by atoms with E-state index in [0.717, 1.165) is 6.92 Å². The molecule has 0 fully saturated rings. The normalized spacial score (nSPS) is 15.3. The average molecular weight is 365 g/mol. The summed E-state index contributed by atoms with van der Waals surface area (Å²) in [4.78, 5) is 9.58.